The van der Waals surface area contributed by atoms with Gasteiger partial charge in [0.1, 0.15) is 0 Å². The maximum Gasteiger partial charge on any atom is 0.329 e. The molecule has 0 aliphatic rings. The normalized spacial score (nSPS) is 10.3. The fraction of sp³-hybridized carbons (Fsp3) is 0.158. The van der Waals surface area contributed by atoms with Crippen LogP contribution in [0.1, 0.15) is 15.9 Å². The summed E-state index contributed by atoms with van der Waals surface area (Å²) >= 11 is 0. The summed E-state index contributed by atoms with van der Waals surface area (Å²) in [5.41, 5.74) is 8.40. The van der Waals surface area contributed by atoms with E-state index in [1.165, 1.54) is 51.8 Å². The van der Waals surface area contributed by atoms with Crippen molar-refractivity contribution in [3.8, 4) is 17.2 Å². The number of methoxy groups -OCH3 is 3. The Morgan fingerprint density at radius 1 is 0.931 bits per heavy atom. The molecule has 29 heavy (non-hydrogen) atoms. The third-order valence-electron chi connectivity index (χ3n) is 3.70. The van der Waals surface area contributed by atoms with Crippen LogP contribution in [0.15, 0.2) is 41.5 Å². The number of hydrogen-bond donors (Lipinski definition) is 3. The van der Waals surface area contributed by atoms with Crippen LogP contribution in [0.3, 0.4) is 0 Å². The highest BCUT2D eigenvalue weighted by molar-refractivity contribution is 6.39. The second-order valence-corrected chi connectivity index (χ2v) is 5.55. The van der Waals surface area contributed by atoms with Crippen molar-refractivity contribution in [2.24, 2.45) is 10.8 Å². The Bertz CT molecular complexity index is 915. The monoisotopic (exact) mass is 400 g/mol. The number of nitrogens with one attached hydrogen (secondary N) is 2. The van der Waals surface area contributed by atoms with Crippen LogP contribution in [0.4, 0.5) is 5.69 Å². The summed E-state index contributed by atoms with van der Waals surface area (Å²) < 4.78 is 15.7. The van der Waals surface area contributed by atoms with Gasteiger partial charge in [0, 0.05) is 16.8 Å². The smallest absolute Gasteiger partial charge is 0.329 e. The minimum Gasteiger partial charge on any atom is -0.493 e. The first-order valence-electron chi connectivity index (χ1n) is 8.23. The summed E-state index contributed by atoms with van der Waals surface area (Å²) in [5, 5.41) is 6.12. The molecule has 0 heterocycles. The minimum atomic E-state index is -0.979. The molecule has 0 spiro atoms. The molecule has 0 aliphatic heterocycles. The molecule has 3 amide bonds. The molecule has 0 saturated heterocycles. The predicted octanol–water partition coefficient (Wildman–Crippen LogP) is 0.900. The van der Waals surface area contributed by atoms with Crippen molar-refractivity contribution in [2.75, 3.05) is 26.6 Å². The van der Waals surface area contributed by atoms with Gasteiger partial charge in [-0.1, -0.05) is 0 Å². The van der Waals surface area contributed by atoms with E-state index in [4.69, 9.17) is 19.9 Å². The number of anilines is 1. The zero-order valence-corrected chi connectivity index (χ0v) is 16.0. The van der Waals surface area contributed by atoms with Crippen LogP contribution in [0.5, 0.6) is 17.2 Å². The maximum atomic E-state index is 11.9. The first-order chi connectivity index (χ1) is 13.9. The zero-order chi connectivity index (χ0) is 21.4. The van der Waals surface area contributed by atoms with Gasteiger partial charge in [0.15, 0.2) is 11.5 Å². The highest BCUT2D eigenvalue weighted by Crippen LogP contribution is 2.37. The van der Waals surface area contributed by atoms with Crippen LogP contribution in [0.25, 0.3) is 0 Å². The lowest BCUT2D eigenvalue weighted by Gasteiger charge is -2.12. The standard InChI is InChI=1S/C19H20N4O6/c1-27-14-8-11(9-15(28-2)16(14)29-3)10-21-23-19(26)18(25)22-13-6-4-12(5-7-13)17(20)24/h4-10H,1-3H3,(H2,20,24)(H,22,25)(H,23,26). The molecule has 0 saturated carbocycles. The summed E-state index contributed by atoms with van der Waals surface area (Å²) in [6.07, 6.45) is 1.32. The van der Waals surface area contributed by atoms with Gasteiger partial charge in [-0.2, -0.15) is 5.10 Å². The number of carbonyl (C=O) groups is 3. The summed E-state index contributed by atoms with van der Waals surface area (Å²) in [6.45, 7) is 0. The fourth-order valence-corrected chi connectivity index (χ4v) is 2.30. The van der Waals surface area contributed by atoms with Crippen molar-refractivity contribution < 1.29 is 28.6 Å². The first-order valence-corrected chi connectivity index (χ1v) is 8.23. The van der Waals surface area contributed by atoms with E-state index in [0.717, 1.165) is 0 Å². The van der Waals surface area contributed by atoms with Gasteiger partial charge in [0.25, 0.3) is 0 Å². The van der Waals surface area contributed by atoms with Crippen molar-refractivity contribution in [1.29, 1.82) is 0 Å². The Balaban J connectivity index is 2.01. The fourth-order valence-electron chi connectivity index (χ4n) is 2.30. The Morgan fingerprint density at radius 3 is 2.00 bits per heavy atom. The quantitative estimate of drug-likeness (QED) is 0.358. The van der Waals surface area contributed by atoms with Crippen molar-refractivity contribution in [1.82, 2.24) is 5.43 Å². The largest absolute Gasteiger partial charge is 0.493 e. The van der Waals surface area contributed by atoms with E-state index < -0.39 is 17.7 Å². The van der Waals surface area contributed by atoms with Crippen LogP contribution < -0.4 is 30.7 Å². The third kappa shape index (κ3) is 5.45. The number of nitrogens with two attached hydrogens (primary N) is 1. The molecule has 2 aromatic rings. The van der Waals surface area contributed by atoms with Crippen LogP contribution in [0.2, 0.25) is 0 Å². The first kappa shape index (κ1) is 21.2. The van der Waals surface area contributed by atoms with Gasteiger partial charge in [-0.3, -0.25) is 14.4 Å². The molecule has 2 rings (SSSR count). The molecule has 0 atom stereocenters. The second kappa shape index (κ2) is 9.74. The third-order valence-corrected chi connectivity index (χ3v) is 3.70. The van der Waals surface area contributed by atoms with E-state index in [-0.39, 0.29) is 5.56 Å². The molecule has 0 fully saturated rings. The SMILES string of the molecule is COc1cc(C=NNC(=O)C(=O)Nc2ccc(C(N)=O)cc2)cc(OC)c1OC. The van der Waals surface area contributed by atoms with E-state index in [0.29, 0.717) is 28.5 Å². The molecule has 152 valence electrons. The maximum absolute atomic E-state index is 11.9. The van der Waals surface area contributed by atoms with E-state index in [1.807, 2.05) is 0 Å². The Labute approximate surface area is 166 Å². The Hall–Kier alpha value is -4.08. The average Bonchev–Trinajstić information content (AvgIpc) is 2.73. The van der Waals surface area contributed by atoms with Crippen LogP contribution in [-0.4, -0.2) is 45.3 Å². The number of rotatable bonds is 7. The van der Waals surface area contributed by atoms with Crippen LogP contribution >= 0.6 is 0 Å². The van der Waals surface area contributed by atoms with Gasteiger partial charge < -0.3 is 25.3 Å². The lowest BCUT2D eigenvalue weighted by Crippen LogP contribution is -2.32. The molecule has 10 nitrogen and oxygen atoms in total. The van der Waals surface area contributed by atoms with E-state index >= 15 is 0 Å². The van der Waals surface area contributed by atoms with Gasteiger partial charge in [-0.05, 0) is 36.4 Å². The van der Waals surface area contributed by atoms with E-state index in [1.54, 1.807) is 12.1 Å². The summed E-state index contributed by atoms with van der Waals surface area (Å²) in [6, 6.07) is 9.00. The minimum absolute atomic E-state index is 0.280. The molecule has 4 N–H and O–H groups in total. The number of hydrogen-bond acceptors (Lipinski definition) is 7. The predicted molar refractivity (Wildman–Crippen MR) is 105 cm³/mol. The van der Waals surface area contributed by atoms with E-state index in [2.05, 4.69) is 15.8 Å². The Kier molecular flexibility index (Phi) is 7.13. The molecule has 0 radical (unpaired) electrons. The zero-order valence-electron chi connectivity index (χ0n) is 16.0. The number of ether oxygens (including phenoxy) is 3. The number of nitrogens with zero attached hydrogens (tertiary/aromatic N) is 1. The number of benzene rings is 2. The van der Waals surface area contributed by atoms with Gasteiger partial charge in [-0.15, -0.1) is 0 Å². The lowest BCUT2D eigenvalue weighted by atomic mass is 10.2. The summed E-state index contributed by atoms with van der Waals surface area (Å²) in [4.78, 5) is 34.8. The molecule has 2 aromatic carbocycles. The number of hydrazone groups is 1. The molecule has 0 unspecified atom stereocenters. The molecule has 10 heteroatoms. The average molecular weight is 400 g/mol. The molecular weight excluding hydrogens is 380 g/mol. The molecule has 0 aromatic heterocycles. The van der Waals surface area contributed by atoms with Crippen molar-refractivity contribution in [3.63, 3.8) is 0 Å². The summed E-state index contributed by atoms with van der Waals surface area (Å²) in [7, 11) is 4.43. The van der Waals surface area contributed by atoms with Crippen molar-refractivity contribution in [3.05, 3.63) is 47.5 Å². The van der Waals surface area contributed by atoms with Crippen molar-refractivity contribution >= 4 is 29.6 Å². The van der Waals surface area contributed by atoms with Crippen molar-refractivity contribution in [2.45, 2.75) is 0 Å². The molecular formula is C19H20N4O6. The van der Waals surface area contributed by atoms with Crippen LogP contribution in [-0.2, 0) is 9.59 Å². The number of amides is 3. The highest BCUT2D eigenvalue weighted by Gasteiger charge is 2.14. The van der Waals surface area contributed by atoms with Crippen LogP contribution in [0, 0.1) is 0 Å². The summed E-state index contributed by atoms with van der Waals surface area (Å²) in [5.74, 6) is -1.26. The van der Waals surface area contributed by atoms with Gasteiger partial charge in [-0.25, -0.2) is 5.43 Å². The topological polar surface area (TPSA) is 141 Å². The second-order valence-electron chi connectivity index (χ2n) is 5.55. The number of carbonyl (C=O) groups excluding carboxylic acids is 3. The molecule has 0 aliphatic carbocycles. The van der Waals surface area contributed by atoms with Gasteiger partial charge in [0.2, 0.25) is 11.7 Å². The van der Waals surface area contributed by atoms with E-state index in [9.17, 15) is 14.4 Å². The lowest BCUT2D eigenvalue weighted by molar-refractivity contribution is -0.136. The van der Waals surface area contributed by atoms with Gasteiger partial charge in [0.05, 0.1) is 27.5 Å². The highest BCUT2D eigenvalue weighted by atomic mass is 16.5. The molecule has 0 bridgehead atoms. The Morgan fingerprint density at radius 2 is 1.52 bits per heavy atom. The number of primary amides is 1. The van der Waals surface area contributed by atoms with Gasteiger partial charge >= 0.3 is 11.8 Å².